The van der Waals surface area contributed by atoms with Crippen LogP contribution in [0.2, 0.25) is 0 Å². The Hall–Kier alpha value is -3.11. The number of amides is 1. The van der Waals surface area contributed by atoms with Gasteiger partial charge < -0.3 is 19.9 Å². The van der Waals surface area contributed by atoms with Gasteiger partial charge in [-0.15, -0.1) is 0 Å². The molecule has 2 heterocycles. The molecule has 3 N–H and O–H groups in total. The van der Waals surface area contributed by atoms with Crippen molar-refractivity contribution in [3.63, 3.8) is 0 Å². The molecule has 180 valence electrons. The van der Waals surface area contributed by atoms with Crippen molar-refractivity contribution in [2.45, 2.75) is 45.3 Å². The zero-order chi connectivity index (χ0) is 23.8. The minimum Gasteiger partial charge on any atom is -0.491 e. The number of carbonyl (C=O) groups excluding carboxylic acids is 1. The molecule has 3 rings (SSSR count). The van der Waals surface area contributed by atoms with Crippen LogP contribution in [-0.2, 0) is 16.0 Å². The third kappa shape index (κ3) is 6.02. The number of aromatic amines is 1. The molecule has 0 radical (unpaired) electrons. The maximum absolute atomic E-state index is 13.4. The molecule has 2 aromatic rings. The highest BCUT2D eigenvalue weighted by Crippen LogP contribution is 2.22. The fourth-order valence-electron chi connectivity index (χ4n) is 3.69. The summed E-state index contributed by atoms with van der Waals surface area (Å²) in [7, 11) is 1.50. The van der Waals surface area contributed by atoms with E-state index in [1.165, 1.54) is 16.6 Å². The van der Waals surface area contributed by atoms with Crippen molar-refractivity contribution in [1.29, 1.82) is 0 Å². The molecule has 1 aliphatic heterocycles. The van der Waals surface area contributed by atoms with E-state index in [0.29, 0.717) is 30.9 Å². The summed E-state index contributed by atoms with van der Waals surface area (Å²) in [5.74, 6) is 0.143. The van der Waals surface area contributed by atoms with Crippen molar-refractivity contribution in [3.05, 3.63) is 50.7 Å². The van der Waals surface area contributed by atoms with E-state index in [-0.39, 0.29) is 30.8 Å². The molecular formula is C23H32N4O6. The predicted octanol–water partition coefficient (Wildman–Crippen LogP) is 1.77. The number of ether oxygens (including phenoxy) is 3. The van der Waals surface area contributed by atoms with Gasteiger partial charge in [0.2, 0.25) is 0 Å². The third-order valence-corrected chi connectivity index (χ3v) is 5.54. The molecule has 0 spiro atoms. The summed E-state index contributed by atoms with van der Waals surface area (Å²) in [4.78, 5) is 41.8. The van der Waals surface area contributed by atoms with E-state index >= 15 is 0 Å². The first-order valence-corrected chi connectivity index (χ1v) is 11.2. The van der Waals surface area contributed by atoms with Crippen LogP contribution in [0.1, 0.15) is 43.0 Å². The standard InChI is InChI=1S/C23H32N4O6/c1-3-4-11-27-20(24)19(21(28)25-23(27)30)26(12-14-31-2)22(29)16-7-9-17(10-8-16)33-15-18-6-5-13-32-18/h7-10,18H,3-6,11-15,24H2,1-2H3,(H,25,28,30)/t18-/m0/s1. The van der Waals surface area contributed by atoms with Gasteiger partial charge in [-0.1, -0.05) is 13.3 Å². The van der Waals surface area contributed by atoms with E-state index in [1.807, 2.05) is 6.92 Å². The highest BCUT2D eigenvalue weighted by atomic mass is 16.5. The number of carbonyl (C=O) groups is 1. The average Bonchev–Trinajstić information content (AvgIpc) is 3.33. The summed E-state index contributed by atoms with van der Waals surface area (Å²) in [6.45, 7) is 3.81. The number of H-pyrrole nitrogens is 1. The third-order valence-electron chi connectivity index (χ3n) is 5.54. The second-order valence-corrected chi connectivity index (χ2v) is 7.92. The first kappa shape index (κ1) is 24.5. The summed E-state index contributed by atoms with van der Waals surface area (Å²) < 4.78 is 17.7. The van der Waals surface area contributed by atoms with E-state index < -0.39 is 17.2 Å². The zero-order valence-electron chi connectivity index (χ0n) is 19.2. The molecule has 0 saturated carbocycles. The molecule has 1 aromatic heterocycles. The average molecular weight is 461 g/mol. The molecule has 1 saturated heterocycles. The first-order valence-electron chi connectivity index (χ1n) is 11.2. The molecule has 0 aliphatic carbocycles. The Bertz CT molecular complexity index is 1040. The summed E-state index contributed by atoms with van der Waals surface area (Å²) in [5.41, 5.74) is 5.19. The molecule has 0 unspecified atom stereocenters. The molecule has 1 amide bonds. The Kier molecular flexibility index (Phi) is 8.67. The summed E-state index contributed by atoms with van der Waals surface area (Å²) in [5, 5.41) is 0. The molecule has 10 heteroatoms. The van der Waals surface area contributed by atoms with Crippen molar-refractivity contribution in [2.24, 2.45) is 0 Å². The Morgan fingerprint density at radius 1 is 1.30 bits per heavy atom. The van der Waals surface area contributed by atoms with Gasteiger partial charge in [0, 0.05) is 32.4 Å². The van der Waals surface area contributed by atoms with Crippen molar-refractivity contribution < 1.29 is 19.0 Å². The van der Waals surface area contributed by atoms with Gasteiger partial charge in [0.25, 0.3) is 11.5 Å². The van der Waals surface area contributed by atoms with E-state index in [0.717, 1.165) is 25.9 Å². The molecule has 33 heavy (non-hydrogen) atoms. The monoisotopic (exact) mass is 460 g/mol. The fourth-order valence-corrected chi connectivity index (χ4v) is 3.69. The van der Waals surface area contributed by atoms with Gasteiger partial charge in [0.15, 0.2) is 5.69 Å². The first-order chi connectivity index (χ1) is 16.0. The van der Waals surface area contributed by atoms with Gasteiger partial charge >= 0.3 is 5.69 Å². The van der Waals surface area contributed by atoms with Crippen LogP contribution in [-0.4, -0.2) is 55.0 Å². The number of hydrogen-bond donors (Lipinski definition) is 2. The van der Waals surface area contributed by atoms with Gasteiger partial charge in [-0.05, 0) is 43.5 Å². The van der Waals surface area contributed by atoms with Crippen LogP contribution in [0.15, 0.2) is 33.9 Å². The van der Waals surface area contributed by atoms with Crippen molar-refractivity contribution in [3.8, 4) is 5.75 Å². The molecule has 1 fully saturated rings. The largest absolute Gasteiger partial charge is 0.491 e. The number of methoxy groups -OCH3 is 1. The van der Waals surface area contributed by atoms with Crippen LogP contribution >= 0.6 is 0 Å². The van der Waals surface area contributed by atoms with Crippen LogP contribution in [0, 0.1) is 0 Å². The fraction of sp³-hybridized carbons (Fsp3) is 0.522. The van der Waals surface area contributed by atoms with Gasteiger partial charge in [-0.3, -0.25) is 24.0 Å². The van der Waals surface area contributed by atoms with Gasteiger partial charge in [-0.25, -0.2) is 4.79 Å². The van der Waals surface area contributed by atoms with E-state index in [9.17, 15) is 14.4 Å². The smallest absolute Gasteiger partial charge is 0.330 e. The Balaban J connectivity index is 1.86. The minimum absolute atomic E-state index is 0.0434. The van der Waals surface area contributed by atoms with Crippen LogP contribution in [0.4, 0.5) is 11.5 Å². The second kappa shape index (κ2) is 11.7. The number of nitrogens with one attached hydrogen (secondary N) is 1. The number of hydrogen-bond acceptors (Lipinski definition) is 7. The molecule has 1 aliphatic rings. The van der Waals surface area contributed by atoms with Crippen molar-refractivity contribution in [2.75, 3.05) is 44.1 Å². The highest BCUT2D eigenvalue weighted by Gasteiger charge is 2.25. The van der Waals surface area contributed by atoms with Gasteiger partial charge in [0.1, 0.15) is 18.2 Å². The predicted molar refractivity (Wildman–Crippen MR) is 125 cm³/mol. The Labute approximate surface area is 192 Å². The van der Waals surface area contributed by atoms with E-state index in [4.69, 9.17) is 19.9 Å². The number of benzene rings is 1. The maximum atomic E-state index is 13.4. The van der Waals surface area contributed by atoms with Gasteiger partial charge in [-0.2, -0.15) is 0 Å². The number of anilines is 2. The number of rotatable bonds is 11. The van der Waals surface area contributed by atoms with E-state index in [1.54, 1.807) is 24.3 Å². The van der Waals surface area contributed by atoms with E-state index in [2.05, 4.69) is 4.98 Å². The lowest BCUT2D eigenvalue weighted by atomic mass is 10.1. The lowest BCUT2D eigenvalue weighted by molar-refractivity contribution is 0.0679. The van der Waals surface area contributed by atoms with Crippen LogP contribution in [0.5, 0.6) is 5.75 Å². The number of aromatic nitrogens is 2. The summed E-state index contributed by atoms with van der Waals surface area (Å²) in [6, 6.07) is 6.66. The quantitative estimate of drug-likeness (QED) is 0.523. The molecule has 1 atom stereocenters. The second-order valence-electron chi connectivity index (χ2n) is 7.92. The molecule has 10 nitrogen and oxygen atoms in total. The SMILES string of the molecule is CCCCn1c(N)c(N(CCOC)C(=O)c2ccc(OC[C@@H]3CCCO3)cc2)c(=O)[nH]c1=O. The highest BCUT2D eigenvalue weighted by molar-refractivity contribution is 6.07. The molecule has 0 bridgehead atoms. The number of nitrogens with two attached hydrogens (primary N) is 1. The van der Waals surface area contributed by atoms with Gasteiger partial charge in [0.05, 0.1) is 12.7 Å². The minimum atomic E-state index is -0.716. The van der Waals surface area contributed by atoms with Crippen LogP contribution in [0.25, 0.3) is 0 Å². The maximum Gasteiger partial charge on any atom is 0.330 e. The Morgan fingerprint density at radius 2 is 2.06 bits per heavy atom. The topological polar surface area (TPSA) is 129 Å². The molecular weight excluding hydrogens is 428 g/mol. The van der Waals surface area contributed by atoms with Crippen LogP contribution < -0.4 is 26.6 Å². The summed E-state index contributed by atoms with van der Waals surface area (Å²) in [6.07, 6.45) is 3.64. The zero-order valence-corrected chi connectivity index (χ0v) is 19.2. The lowest BCUT2D eigenvalue weighted by Gasteiger charge is -2.24. The summed E-state index contributed by atoms with van der Waals surface area (Å²) >= 11 is 0. The number of unbranched alkanes of at least 4 members (excludes halogenated alkanes) is 1. The van der Waals surface area contributed by atoms with Crippen molar-refractivity contribution in [1.82, 2.24) is 9.55 Å². The van der Waals surface area contributed by atoms with Crippen LogP contribution in [0.3, 0.4) is 0 Å². The molecule has 1 aromatic carbocycles. The van der Waals surface area contributed by atoms with Crippen molar-refractivity contribution >= 4 is 17.4 Å². The number of nitrogens with zero attached hydrogens (tertiary/aromatic N) is 2. The number of nitrogen functional groups attached to an aromatic ring is 1. The Morgan fingerprint density at radius 3 is 2.70 bits per heavy atom. The lowest BCUT2D eigenvalue weighted by Crippen LogP contribution is -2.42. The normalized spacial score (nSPS) is 15.5.